The van der Waals surface area contributed by atoms with Gasteiger partial charge in [0.2, 0.25) is 0 Å². The first-order chi connectivity index (χ1) is 5.74. The molecule has 1 N–H and O–H groups in total. The molecule has 0 bridgehead atoms. The van der Waals surface area contributed by atoms with Gasteiger partial charge in [0.05, 0.1) is 6.61 Å². The van der Waals surface area contributed by atoms with E-state index in [0.717, 1.165) is 0 Å². The van der Waals surface area contributed by atoms with Crippen molar-refractivity contribution in [2.75, 3.05) is 6.61 Å². The summed E-state index contributed by atoms with van der Waals surface area (Å²) in [7, 11) is 0. The summed E-state index contributed by atoms with van der Waals surface area (Å²) >= 11 is 0. The molecule has 0 spiro atoms. The summed E-state index contributed by atoms with van der Waals surface area (Å²) < 4.78 is 9.95. The SMILES string of the molecule is C=CCOC(C=C)OC(O)C=C. The van der Waals surface area contributed by atoms with Crippen LogP contribution in [-0.4, -0.2) is 24.3 Å². The quantitative estimate of drug-likeness (QED) is 0.461. The molecule has 68 valence electrons. The lowest BCUT2D eigenvalue weighted by atomic mass is 10.5. The zero-order chi connectivity index (χ0) is 9.40. The molecule has 0 radical (unpaired) electrons. The number of hydrogen-bond donors (Lipinski definition) is 1. The Hall–Kier alpha value is -0.900. The van der Waals surface area contributed by atoms with Gasteiger partial charge in [0.25, 0.3) is 0 Å². The fourth-order valence-electron chi connectivity index (χ4n) is 0.519. The van der Waals surface area contributed by atoms with Crippen LogP contribution in [0, 0.1) is 0 Å². The predicted molar refractivity (Wildman–Crippen MR) is 47.4 cm³/mol. The van der Waals surface area contributed by atoms with Crippen LogP contribution in [0.4, 0.5) is 0 Å². The first-order valence-electron chi connectivity index (χ1n) is 3.55. The molecule has 0 fully saturated rings. The van der Waals surface area contributed by atoms with Gasteiger partial charge in [0.15, 0.2) is 12.6 Å². The van der Waals surface area contributed by atoms with Crippen molar-refractivity contribution in [1.82, 2.24) is 0 Å². The Bertz CT molecular complexity index is 154. The van der Waals surface area contributed by atoms with Crippen molar-refractivity contribution < 1.29 is 14.6 Å². The highest BCUT2D eigenvalue weighted by Gasteiger charge is 2.07. The van der Waals surface area contributed by atoms with E-state index in [-0.39, 0.29) is 0 Å². The van der Waals surface area contributed by atoms with E-state index in [1.807, 2.05) is 0 Å². The van der Waals surface area contributed by atoms with Crippen molar-refractivity contribution in [1.29, 1.82) is 0 Å². The minimum Gasteiger partial charge on any atom is -0.365 e. The van der Waals surface area contributed by atoms with Gasteiger partial charge in [-0.1, -0.05) is 19.2 Å². The highest BCUT2D eigenvalue weighted by molar-refractivity contribution is 4.78. The maximum Gasteiger partial charge on any atom is 0.180 e. The van der Waals surface area contributed by atoms with Crippen molar-refractivity contribution in [3.63, 3.8) is 0 Å². The minimum absolute atomic E-state index is 0.348. The number of aliphatic hydroxyl groups excluding tert-OH is 1. The summed E-state index contributed by atoms with van der Waals surface area (Å²) in [6, 6.07) is 0. The smallest absolute Gasteiger partial charge is 0.180 e. The molecule has 0 aromatic rings. The van der Waals surface area contributed by atoms with E-state index in [1.165, 1.54) is 12.2 Å². The van der Waals surface area contributed by atoms with Gasteiger partial charge in [-0.25, -0.2) is 0 Å². The summed E-state index contributed by atoms with van der Waals surface area (Å²) in [6.07, 6.45) is 2.62. The summed E-state index contributed by atoms with van der Waals surface area (Å²) in [6.45, 7) is 10.6. The van der Waals surface area contributed by atoms with E-state index in [9.17, 15) is 0 Å². The van der Waals surface area contributed by atoms with Gasteiger partial charge >= 0.3 is 0 Å². The van der Waals surface area contributed by atoms with E-state index in [1.54, 1.807) is 6.08 Å². The number of hydrogen-bond acceptors (Lipinski definition) is 3. The fourth-order valence-corrected chi connectivity index (χ4v) is 0.519. The molecule has 0 amide bonds. The molecule has 0 aromatic carbocycles. The predicted octanol–water partition coefficient (Wildman–Crippen LogP) is 1.22. The number of rotatable bonds is 7. The standard InChI is InChI=1S/C9H14O3/c1-4-7-11-9(6-3)12-8(10)5-2/h4-6,8-10H,1-3,7H2. The van der Waals surface area contributed by atoms with Crippen LogP contribution in [0.3, 0.4) is 0 Å². The largest absolute Gasteiger partial charge is 0.365 e. The number of ether oxygens (including phenoxy) is 2. The molecule has 2 atom stereocenters. The molecule has 2 unspecified atom stereocenters. The van der Waals surface area contributed by atoms with E-state index in [4.69, 9.17) is 14.6 Å². The minimum atomic E-state index is -1.03. The van der Waals surface area contributed by atoms with Crippen LogP contribution in [-0.2, 0) is 9.47 Å². The zero-order valence-corrected chi connectivity index (χ0v) is 6.98. The van der Waals surface area contributed by atoms with Gasteiger partial charge < -0.3 is 14.6 Å². The van der Waals surface area contributed by atoms with Crippen molar-refractivity contribution in [2.24, 2.45) is 0 Å². The Labute approximate surface area is 72.6 Å². The average Bonchev–Trinajstić information content (AvgIpc) is 2.11. The summed E-state index contributed by atoms with van der Waals surface area (Å²) in [4.78, 5) is 0. The van der Waals surface area contributed by atoms with Crippen molar-refractivity contribution >= 4 is 0 Å². The van der Waals surface area contributed by atoms with Gasteiger partial charge in [-0.2, -0.15) is 0 Å². The second kappa shape index (κ2) is 6.79. The molecule has 3 heteroatoms. The Balaban J connectivity index is 3.73. The maximum absolute atomic E-state index is 8.96. The third kappa shape index (κ3) is 4.85. The number of aliphatic hydroxyl groups is 1. The Morgan fingerprint density at radius 3 is 2.33 bits per heavy atom. The van der Waals surface area contributed by atoms with E-state index >= 15 is 0 Å². The highest BCUT2D eigenvalue weighted by atomic mass is 16.7. The summed E-state index contributed by atoms with van der Waals surface area (Å²) in [5.74, 6) is 0. The first-order valence-corrected chi connectivity index (χ1v) is 3.55. The van der Waals surface area contributed by atoms with Crippen LogP contribution in [0.25, 0.3) is 0 Å². The molecule has 0 heterocycles. The van der Waals surface area contributed by atoms with Gasteiger partial charge in [-0.05, 0) is 12.2 Å². The first kappa shape index (κ1) is 11.1. The summed E-state index contributed by atoms with van der Waals surface area (Å²) in [5, 5.41) is 8.96. The lowest BCUT2D eigenvalue weighted by Crippen LogP contribution is -2.21. The van der Waals surface area contributed by atoms with Crippen LogP contribution < -0.4 is 0 Å². The molecular formula is C9H14O3. The van der Waals surface area contributed by atoms with Gasteiger partial charge in [-0.3, -0.25) is 0 Å². The Kier molecular flexibility index (Phi) is 6.28. The molecule has 0 aliphatic rings. The van der Waals surface area contributed by atoms with Crippen LogP contribution in [0.5, 0.6) is 0 Å². The molecule has 0 saturated heterocycles. The van der Waals surface area contributed by atoms with Crippen LogP contribution in [0.2, 0.25) is 0 Å². The van der Waals surface area contributed by atoms with Crippen molar-refractivity contribution in [2.45, 2.75) is 12.6 Å². The van der Waals surface area contributed by atoms with Gasteiger partial charge in [0.1, 0.15) is 0 Å². The highest BCUT2D eigenvalue weighted by Crippen LogP contribution is 2.00. The van der Waals surface area contributed by atoms with E-state index < -0.39 is 12.6 Å². The molecule has 0 rings (SSSR count). The van der Waals surface area contributed by atoms with Crippen molar-refractivity contribution in [3.05, 3.63) is 38.0 Å². The second-order valence-electron chi connectivity index (χ2n) is 1.99. The fraction of sp³-hybridized carbons (Fsp3) is 0.333. The third-order valence-electron chi connectivity index (χ3n) is 1.05. The maximum atomic E-state index is 8.96. The molecule has 0 aliphatic heterocycles. The summed E-state index contributed by atoms with van der Waals surface area (Å²) in [5.41, 5.74) is 0. The van der Waals surface area contributed by atoms with E-state index in [0.29, 0.717) is 6.61 Å². The molecule has 3 nitrogen and oxygen atoms in total. The third-order valence-corrected chi connectivity index (χ3v) is 1.05. The Morgan fingerprint density at radius 1 is 1.25 bits per heavy atom. The van der Waals surface area contributed by atoms with Gasteiger partial charge in [0, 0.05) is 0 Å². The topological polar surface area (TPSA) is 38.7 Å². The second-order valence-corrected chi connectivity index (χ2v) is 1.99. The van der Waals surface area contributed by atoms with Crippen LogP contribution in [0.15, 0.2) is 38.0 Å². The average molecular weight is 170 g/mol. The monoisotopic (exact) mass is 170 g/mol. The molecule has 0 aliphatic carbocycles. The van der Waals surface area contributed by atoms with Gasteiger partial charge in [-0.15, -0.1) is 6.58 Å². The van der Waals surface area contributed by atoms with Crippen molar-refractivity contribution in [3.8, 4) is 0 Å². The van der Waals surface area contributed by atoms with Crippen LogP contribution >= 0.6 is 0 Å². The van der Waals surface area contributed by atoms with Crippen LogP contribution in [0.1, 0.15) is 0 Å². The lowest BCUT2D eigenvalue weighted by Gasteiger charge is -2.15. The zero-order valence-electron chi connectivity index (χ0n) is 6.98. The normalized spacial score (nSPS) is 14.8. The van der Waals surface area contributed by atoms with E-state index in [2.05, 4.69) is 19.7 Å². The molecule has 0 aromatic heterocycles. The lowest BCUT2D eigenvalue weighted by molar-refractivity contribution is -0.183. The molecular weight excluding hydrogens is 156 g/mol. The molecule has 0 saturated carbocycles. The molecule has 12 heavy (non-hydrogen) atoms. The Morgan fingerprint density at radius 2 is 1.92 bits per heavy atom.